The van der Waals surface area contributed by atoms with Crippen LogP contribution in [-0.4, -0.2) is 39.4 Å². The molecule has 0 atom stereocenters. The number of aromatic nitrogens is 8. The van der Waals surface area contributed by atoms with Gasteiger partial charge in [-0.05, 0) is 40.3 Å². The Kier molecular flexibility index (Phi) is 5.11. The fraction of sp³-hybridized carbons (Fsp3) is 0.0833. The van der Waals surface area contributed by atoms with Gasteiger partial charge in [-0.2, -0.15) is 4.68 Å². The van der Waals surface area contributed by atoms with E-state index in [-0.39, 0.29) is 5.56 Å². The average Bonchev–Trinajstić information content (AvgIpc) is 3.54. The van der Waals surface area contributed by atoms with Crippen LogP contribution in [0.5, 0.6) is 0 Å². The van der Waals surface area contributed by atoms with Crippen LogP contribution in [0.1, 0.15) is 11.4 Å². The number of fused-ring (bicyclic) bond motifs is 3. The monoisotopic (exact) mass is 466 g/mol. The summed E-state index contributed by atoms with van der Waals surface area (Å²) < 4.78 is 5.31. The van der Waals surface area contributed by atoms with E-state index in [4.69, 9.17) is 0 Å². The molecule has 0 unspecified atom stereocenters. The summed E-state index contributed by atoms with van der Waals surface area (Å²) in [5, 5.41) is 22.3. The second-order valence-corrected chi connectivity index (χ2v) is 8.59. The highest BCUT2D eigenvalue weighted by molar-refractivity contribution is 7.98. The molecule has 10 heteroatoms. The molecule has 0 saturated heterocycles. The lowest BCUT2D eigenvalue weighted by molar-refractivity contribution is 0.764. The van der Waals surface area contributed by atoms with Crippen LogP contribution in [0.25, 0.3) is 22.4 Å². The van der Waals surface area contributed by atoms with Crippen molar-refractivity contribution in [3.63, 3.8) is 0 Å². The fourth-order valence-corrected chi connectivity index (χ4v) is 4.78. The van der Waals surface area contributed by atoms with Crippen LogP contribution in [0, 0.1) is 0 Å². The number of hydrogen-bond acceptors (Lipinski definition) is 7. The van der Waals surface area contributed by atoms with Crippen LogP contribution in [0.2, 0.25) is 0 Å². The van der Waals surface area contributed by atoms with Crippen LogP contribution >= 0.6 is 11.8 Å². The molecule has 0 aliphatic carbocycles. The van der Waals surface area contributed by atoms with E-state index < -0.39 is 0 Å². The molecule has 0 radical (unpaired) electrons. The molecule has 0 saturated carbocycles. The Hall–Kier alpha value is -4.31. The molecule has 3 heterocycles. The number of para-hydroxylation sites is 2. The Balaban J connectivity index is 1.43. The van der Waals surface area contributed by atoms with E-state index in [0.717, 1.165) is 16.8 Å². The summed E-state index contributed by atoms with van der Waals surface area (Å²) in [4.78, 5) is 13.3. The summed E-state index contributed by atoms with van der Waals surface area (Å²) in [6.45, 7) is 0.406. The minimum absolute atomic E-state index is 0.0936. The Labute approximate surface area is 197 Å². The fourth-order valence-electron chi connectivity index (χ4n) is 3.93. The van der Waals surface area contributed by atoms with Crippen molar-refractivity contribution in [1.82, 2.24) is 39.4 Å². The average molecular weight is 467 g/mol. The van der Waals surface area contributed by atoms with Crippen molar-refractivity contribution in [2.75, 3.05) is 0 Å². The van der Waals surface area contributed by atoms with Gasteiger partial charge in [-0.25, -0.2) is 0 Å². The zero-order valence-corrected chi connectivity index (χ0v) is 18.7. The zero-order chi connectivity index (χ0) is 22.9. The Morgan fingerprint density at radius 2 is 1.53 bits per heavy atom. The lowest BCUT2D eigenvalue weighted by Crippen LogP contribution is -2.24. The molecular formula is C24H18N8OS. The van der Waals surface area contributed by atoms with Crippen molar-refractivity contribution in [3.05, 3.63) is 107 Å². The molecule has 0 aliphatic rings. The molecule has 34 heavy (non-hydrogen) atoms. The predicted octanol–water partition coefficient (Wildman–Crippen LogP) is 3.36. The molecule has 0 aliphatic heterocycles. The van der Waals surface area contributed by atoms with Crippen LogP contribution in [0.15, 0.2) is 94.9 Å². The molecule has 0 bridgehead atoms. The SMILES string of the molecule is O=c1c2ccccc2n2c(SCc3nnnn3-c3ccccc3)nnc2n1Cc1ccccc1. The maximum atomic E-state index is 13.3. The number of rotatable bonds is 6. The zero-order valence-electron chi connectivity index (χ0n) is 17.9. The van der Waals surface area contributed by atoms with E-state index in [1.54, 1.807) is 9.25 Å². The summed E-state index contributed by atoms with van der Waals surface area (Å²) in [6, 6.07) is 27.1. The van der Waals surface area contributed by atoms with E-state index in [1.807, 2.05) is 89.3 Å². The minimum atomic E-state index is -0.0936. The molecule has 3 aromatic carbocycles. The quantitative estimate of drug-likeness (QED) is 0.347. The Morgan fingerprint density at radius 3 is 2.35 bits per heavy atom. The topological polar surface area (TPSA) is 95.8 Å². The molecule has 0 spiro atoms. The third kappa shape index (κ3) is 3.54. The normalized spacial score (nSPS) is 11.4. The standard InChI is InChI=1S/C24H18N8OS/c33-22-19-13-7-8-14-20(19)31-23(30(22)15-17-9-3-1-4-10-17)26-27-24(31)34-16-21-25-28-29-32(21)18-11-5-2-6-12-18/h1-14H,15-16H2. The molecule has 0 N–H and O–H groups in total. The van der Waals surface area contributed by atoms with E-state index in [2.05, 4.69) is 25.7 Å². The van der Waals surface area contributed by atoms with Crippen molar-refractivity contribution in [2.24, 2.45) is 0 Å². The third-order valence-electron chi connectivity index (χ3n) is 5.53. The van der Waals surface area contributed by atoms with Gasteiger partial charge in [0, 0.05) is 0 Å². The first-order valence-electron chi connectivity index (χ1n) is 10.7. The number of benzene rings is 3. The molecule has 0 amide bonds. The van der Waals surface area contributed by atoms with Gasteiger partial charge in [0.1, 0.15) is 0 Å². The lowest BCUT2D eigenvalue weighted by Gasteiger charge is -2.11. The smallest absolute Gasteiger partial charge is 0.263 e. The summed E-state index contributed by atoms with van der Waals surface area (Å²) in [5.74, 6) is 1.67. The second-order valence-electron chi connectivity index (χ2n) is 7.64. The van der Waals surface area contributed by atoms with Gasteiger partial charge in [-0.3, -0.25) is 13.8 Å². The van der Waals surface area contributed by atoms with Crippen molar-refractivity contribution in [1.29, 1.82) is 0 Å². The summed E-state index contributed by atoms with van der Waals surface area (Å²) in [5.41, 5.74) is 2.57. The summed E-state index contributed by atoms with van der Waals surface area (Å²) in [7, 11) is 0. The summed E-state index contributed by atoms with van der Waals surface area (Å²) in [6.07, 6.45) is 0. The van der Waals surface area contributed by atoms with Crippen LogP contribution in [-0.2, 0) is 12.3 Å². The predicted molar refractivity (Wildman–Crippen MR) is 129 cm³/mol. The van der Waals surface area contributed by atoms with Gasteiger partial charge in [0.25, 0.3) is 5.56 Å². The van der Waals surface area contributed by atoms with Gasteiger partial charge in [0.15, 0.2) is 11.0 Å². The van der Waals surface area contributed by atoms with Crippen molar-refractivity contribution >= 4 is 28.4 Å². The molecule has 0 fully saturated rings. The van der Waals surface area contributed by atoms with Crippen LogP contribution < -0.4 is 5.56 Å². The molecular weight excluding hydrogens is 448 g/mol. The van der Waals surface area contributed by atoms with Gasteiger partial charge in [0.05, 0.1) is 28.9 Å². The minimum Gasteiger partial charge on any atom is -0.272 e. The van der Waals surface area contributed by atoms with Crippen LogP contribution in [0.4, 0.5) is 0 Å². The molecule has 6 aromatic rings. The van der Waals surface area contributed by atoms with Gasteiger partial charge in [-0.1, -0.05) is 72.4 Å². The maximum Gasteiger partial charge on any atom is 0.263 e. The lowest BCUT2D eigenvalue weighted by atomic mass is 10.2. The van der Waals surface area contributed by atoms with Crippen molar-refractivity contribution in [3.8, 4) is 5.69 Å². The first-order chi connectivity index (χ1) is 16.8. The highest BCUT2D eigenvalue weighted by Crippen LogP contribution is 2.25. The third-order valence-corrected chi connectivity index (χ3v) is 6.45. The van der Waals surface area contributed by atoms with E-state index in [9.17, 15) is 4.79 Å². The van der Waals surface area contributed by atoms with Gasteiger partial charge in [0.2, 0.25) is 5.78 Å². The molecule has 3 aromatic heterocycles. The highest BCUT2D eigenvalue weighted by atomic mass is 32.2. The molecule has 166 valence electrons. The molecule has 9 nitrogen and oxygen atoms in total. The van der Waals surface area contributed by atoms with Crippen molar-refractivity contribution in [2.45, 2.75) is 17.5 Å². The number of nitrogens with zero attached hydrogens (tertiary/aromatic N) is 8. The largest absolute Gasteiger partial charge is 0.272 e. The van der Waals surface area contributed by atoms with E-state index in [1.165, 1.54) is 11.8 Å². The first kappa shape index (κ1) is 20.3. The Bertz CT molecular complexity index is 1660. The summed E-state index contributed by atoms with van der Waals surface area (Å²) >= 11 is 1.47. The number of thioether (sulfide) groups is 1. The van der Waals surface area contributed by atoms with Gasteiger partial charge >= 0.3 is 0 Å². The number of tetrazole rings is 1. The highest BCUT2D eigenvalue weighted by Gasteiger charge is 2.18. The van der Waals surface area contributed by atoms with Gasteiger partial charge in [-0.15, -0.1) is 15.3 Å². The van der Waals surface area contributed by atoms with Gasteiger partial charge < -0.3 is 0 Å². The number of hydrogen-bond donors (Lipinski definition) is 0. The van der Waals surface area contributed by atoms with E-state index in [0.29, 0.717) is 34.4 Å². The van der Waals surface area contributed by atoms with E-state index >= 15 is 0 Å². The maximum absolute atomic E-state index is 13.3. The second kappa shape index (κ2) is 8.56. The van der Waals surface area contributed by atoms with Crippen molar-refractivity contribution < 1.29 is 0 Å². The molecule has 6 rings (SSSR count). The Morgan fingerprint density at radius 1 is 0.794 bits per heavy atom. The first-order valence-corrected chi connectivity index (χ1v) is 11.6. The van der Waals surface area contributed by atoms with Crippen LogP contribution in [0.3, 0.4) is 0 Å².